The number of anilines is 3. The number of rotatable bonds is 7. The number of amides is 2. The van der Waals surface area contributed by atoms with Crippen LogP contribution in [0.5, 0.6) is 0 Å². The van der Waals surface area contributed by atoms with Crippen LogP contribution in [0, 0.1) is 0 Å². The first-order valence-electron chi connectivity index (χ1n) is 15.9. The molecule has 3 fully saturated rings. The molecule has 0 spiro atoms. The van der Waals surface area contributed by atoms with E-state index in [0.717, 1.165) is 88.1 Å². The summed E-state index contributed by atoms with van der Waals surface area (Å²) in [7, 11) is 3.56. The lowest BCUT2D eigenvalue weighted by Crippen LogP contribution is -2.59. The molecule has 2 amide bonds. The predicted octanol–water partition coefficient (Wildman–Crippen LogP) is 4.52. The molecule has 0 unspecified atom stereocenters. The minimum absolute atomic E-state index is 0.0201. The molecule has 5 heterocycles. The molecule has 44 heavy (non-hydrogen) atoms. The van der Waals surface area contributed by atoms with Crippen molar-refractivity contribution in [3.63, 3.8) is 0 Å². The van der Waals surface area contributed by atoms with Crippen molar-refractivity contribution < 1.29 is 14.3 Å². The Morgan fingerprint density at radius 1 is 1.00 bits per heavy atom. The number of hydrogen-bond donors (Lipinski definition) is 1. The average molecular weight is 604 g/mol. The Bertz CT molecular complexity index is 1480. The molecule has 3 aromatic rings. The number of nitrogens with one attached hydrogen (secondary N) is 1. The maximum absolute atomic E-state index is 13.0. The van der Waals surface area contributed by atoms with Gasteiger partial charge >= 0.3 is 6.09 Å². The molecule has 1 atom stereocenters. The van der Waals surface area contributed by atoms with Gasteiger partial charge in [-0.05, 0) is 58.2 Å². The van der Waals surface area contributed by atoms with E-state index in [4.69, 9.17) is 9.72 Å². The lowest BCUT2D eigenvalue weighted by molar-refractivity contribution is -0.0123. The number of carbonyl (C=O) groups excluding carboxylic acids is 2. The van der Waals surface area contributed by atoms with Gasteiger partial charge < -0.3 is 29.3 Å². The molecule has 6 rings (SSSR count). The molecule has 12 nitrogen and oxygen atoms in total. The van der Waals surface area contributed by atoms with Gasteiger partial charge in [0.1, 0.15) is 22.8 Å². The predicted molar refractivity (Wildman–Crippen MR) is 171 cm³/mol. The van der Waals surface area contributed by atoms with Crippen molar-refractivity contribution in [3.8, 4) is 0 Å². The van der Waals surface area contributed by atoms with E-state index in [1.54, 1.807) is 25.2 Å². The van der Waals surface area contributed by atoms with Gasteiger partial charge in [-0.3, -0.25) is 9.69 Å². The van der Waals surface area contributed by atoms with Crippen LogP contribution >= 0.6 is 0 Å². The van der Waals surface area contributed by atoms with Crippen molar-refractivity contribution in [1.82, 2.24) is 34.2 Å². The van der Waals surface area contributed by atoms with E-state index in [9.17, 15) is 9.59 Å². The number of hydrogen-bond acceptors (Lipinski definition) is 9. The third-order valence-corrected chi connectivity index (χ3v) is 8.86. The van der Waals surface area contributed by atoms with E-state index in [1.807, 2.05) is 44.0 Å². The highest BCUT2D eigenvalue weighted by Crippen LogP contribution is 2.35. The first kappa shape index (κ1) is 30.1. The van der Waals surface area contributed by atoms with Gasteiger partial charge in [-0.1, -0.05) is 12.8 Å². The Labute approximate surface area is 259 Å². The standard InChI is InChI=1S/C32H45N9O3/c1-32(2,3)44-31(43)40-13-12-25(40)21-38-14-16-39(17-15-38)24-10-11-27(33-20-24)35-30-34-19-22-18-26(29(42)37(4)5)41(28(22)36-30)23-8-6-7-9-23/h10-11,18-20,23,25H,6-9,12-17,21H2,1-5H3,(H,33,34,35,36)/t25-/m1/s1. The SMILES string of the molecule is CN(C)C(=O)c1cc2cnc(Nc3ccc(N4CCN(C[C@H]5CCN5C(=O)OC(C)(C)C)CC4)cn3)nc2n1C1CCCC1. The number of fused-ring (bicyclic) bond motifs is 1. The highest BCUT2D eigenvalue weighted by molar-refractivity contribution is 5.98. The molecular formula is C32H45N9O3. The first-order chi connectivity index (χ1) is 21.1. The van der Waals surface area contributed by atoms with E-state index in [0.29, 0.717) is 17.5 Å². The molecule has 2 saturated heterocycles. The number of aromatic nitrogens is 4. The lowest BCUT2D eigenvalue weighted by atomic mass is 10.0. The second kappa shape index (κ2) is 12.2. The summed E-state index contributed by atoms with van der Waals surface area (Å²) >= 11 is 0. The molecule has 1 N–H and O–H groups in total. The van der Waals surface area contributed by atoms with Gasteiger partial charge in [0.05, 0.1) is 11.9 Å². The molecule has 12 heteroatoms. The van der Waals surface area contributed by atoms with Gasteiger partial charge in [-0.2, -0.15) is 4.98 Å². The molecule has 0 radical (unpaired) electrons. The van der Waals surface area contributed by atoms with Crippen LogP contribution in [-0.4, -0.2) is 111 Å². The van der Waals surface area contributed by atoms with Crippen LogP contribution in [0.25, 0.3) is 11.0 Å². The molecule has 2 aliphatic heterocycles. The summed E-state index contributed by atoms with van der Waals surface area (Å²) < 4.78 is 7.69. The van der Waals surface area contributed by atoms with Crippen LogP contribution in [-0.2, 0) is 4.74 Å². The van der Waals surface area contributed by atoms with Crippen LogP contribution in [0.3, 0.4) is 0 Å². The topological polar surface area (TPSA) is 112 Å². The Balaban J connectivity index is 1.06. The summed E-state index contributed by atoms with van der Waals surface area (Å²) in [6.45, 7) is 11.1. The smallest absolute Gasteiger partial charge is 0.410 e. The summed E-state index contributed by atoms with van der Waals surface area (Å²) in [4.78, 5) is 47.8. The molecule has 3 aliphatic rings. The van der Waals surface area contributed by atoms with E-state index >= 15 is 0 Å². The zero-order valence-electron chi connectivity index (χ0n) is 26.6. The number of pyridine rings is 1. The normalized spacial score (nSPS) is 19.7. The van der Waals surface area contributed by atoms with Gasteiger partial charge in [0.2, 0.25) is 5.95 Å². The largest absolute Gasteiger partial charge is 0.444 e. The molecule has 3 aromatic heterocycles. The molecule has 1 aliphatic carbocycles. The van der Waals surface area contributed by atoms with Gasteiger partial charge in [-0.25, -0.2) is 14.8 Å². The van der Waals surface area contributed by atoms with Crippen molar-refractivity contribution in [1.29, 1.82) is 0 Å². The monoisotopic (exact) mass is 603 g/mol. The Morgan fingerprint density at radius 2 is 1.75 bits per heavy atom. The van der Waals surface area contributed by atoms with E-state index in [-0.39, 0.29) is 24.1 Å². The summed E-state index contributed by atoms with van der Waals surface area (Å²) in [6, 6.07) is 6.44. The van der Waals surface area contributed by atoms with Crippen molar-refractivity contribution in [2.24, 2.45) is 0 Å². The van der Waals surface area contributed by atoms with Crippen LogP contribution in [0.4, 0.5) is 22.2 Å². The van der Waals surface area contributed by atoms with Gasteiger partial charge in [0.25, 0.3) is 5.91 Å². The van der Waals surface area contributed by atoms with Crippen LogP contribution in [0.15, 0.2) is 30.6 Å². The molecular weight excluding hydrogens is 558 g/mol. The first-order valence-corrected chi connectivity index (χ1v) is 15.9. The second-order valence-corrected chi connectivity index (χ2v) is 13.4. The lowest BCUT2D eigenvalue weighted by Gasteiger charge is -2.45. The molecule has 0 aromatic carbocycles. The van der Waals surface area contributed by atoms with Crippen molar-refractivity contribution in [2.75, 3.05) is 63.6 Å². The van der Waals surface area contributed by atoms with Crippen LogP contribution in [0.1, 0.15) is 69.4 Å². The Morgan fingerprint density at radius 3 is 2.36 bits per heavy atom. The number of piperazine rings is 1. The third kappa shape index (κ3) is 6.45. The summed E-state index contributed by atoms with van der Waals surface area (Å²) in [6.07, 6.45) is 8.91. The molecule has 236 valence electrons. The summed E-state index contributed by atoms with van der Waals surface area (Å²) in [5, 5.41) is 4.13. The summed E-state index contributed by atoms with van der Waals surface area (Å²) in [5.74, 6) is 1.11. The highest BCUT2D eigenvalue weighted by Gasteiger charge is 2.36. The van der Waals surface area contributed by atoms with E-state index in [2.05, 4.69) is 35.7 Å². The van der Waals surface area contributed by atoms with Crippen molar-refractivity contribution >= 4 is 40.5 Å². The van der Waals surface area contributed by atoms with Gasteiger partial charge in [0, 0.05) is 77.0 Å². The molecule has 1 saturated carbocycles. The molecule has 0 bridgehead atoms. The van der Waals surface area contributed by atoms with Crippen molar-refractivity contribution in [2.45, 2.75) is 70.6 Å². The number of carbonyl (C=O) groups is 2. The fourth-order valence-corrected chi connectivity index (χ4v) is 6.43. The van der Waals surface area contributed by atoms with E-state index in [1.165, 1.54) is 0 Å². The van der Waals surface area contributed by atoms with Gasteiger partial charge in [0.15, 0.2) is 0 Å². The number of nitrogens with zero attached hydrogens (tertiary/aromatic N) is 8. The minimum Gasteiger partial charge on any atom is -0.444 e. The van der Waals surface area contributed by atoms with Crippen LogP contribution < -0.4 is 10.2 Å². The van der Waals surface area contributed by atoms with Crippen LogP contribution in [0.2, 0.25) is 0 Å². The van der Waals surface area contributed by atoms with Gasteiger partial charge in [-0.15, -0.1) is 0 Å². The average Bonchev–Trinajstić information content (AvgIpc) is 3.62. The number of ether oxygens (including phenoxy) is 1. The highest BCUT2D eigenvalue weighted by atomic mass is 16.6. The zero-order chi connectivity index (χ0) is 31.0. The van der Waals surface area contributed by atoms with E-state index < -0.39 is 5.60 Å². The van der Waals surface area contributed by atoms with Crippen molar-refractivity contribution in [3.05, 3.63) is 36.3 Å². The Kier molecular flexibility index (Phi) is 8.36. The fraction of sp³-hybridized carbons (Fsp3) is 0.594. The number of likely N-dealkylation sites (tertiary alicyclic amines) is 1. The summed E-state index contributed by atoms with van der Waals surface area (Å²) in [5.41, 5.74) is 2.05. The Hall–Kier alpha value is -3.93. The minimum atomic E-state index is -0.471. The fourth-order valence-electron chi connectivity index (χ4n) is 6.43. The maximum atomic E-state index is 13.0. The second-order valence-electron chi connectivity index (χ2n) is 13.4. The third-order valence-electron chi connectivity index (χ3n) is 8.86. The zero-order valence-corrected chi connectivity index (χ0v) is 26.6. The quantitative estimate of drug-likeness (QED) is 0.417. The maximum Gasteiger partial charge on any atom is 0.410 e.